The maximum absolute atomic E-state index is 5.30. The number of methoxy groups -OCH3 is 1. The Balaban J connectivity index is 1.61. The van der Waals surface area contributed by atoms with Gasteiger partial charge in [-0.05, 0) is 78.9 Å². The first-order valence-corrected chi connectivity index (χ1v) is 12.1. The standard InChI is InChI=1S/C33H33NO/c1-5-29-14-8-10-26(3)33(29)34(30-20-16-25(2)17-21-30)31-22-18-27(19-23-31)11-6-7-12-28-13-9-15-32(24-28)35-4/h6-24H,5H2,1-4H3/b11-6+,12-7+. The minimum atomic E-state index is 0.865. The van der Waals surface area contributed by atoms with Gasteiger partial charge in [-0.15, -0.1) is 0 Å². The fourth-order valence-corrected chi connectivity index (χ4v) is 4.24. The summed E-state index contributed by atoms with van der Waals surface area (Å²) in [6.07, 6.45) is 9.32. The number of ether oxygens (including phenoxy) is 1. The Morgan fingerprint density at radius 3 is 2.00 bits per heavy atom. The van der Waals surface area contributed by atoms with E-state index in [1.807, 2.05) is 18.2 Å². The maximum Gasteiger partial charge on any atom is 0.119 e. The van der Waals surface area contributed by atoms with Crippen molar-refractivity contribution in [2.45, 2.75) is 27.2 Å². The minimum absolute atomic E-state index is 0.865. The monoisotopic (exact) mass is 459 g/mol. The summed E-state index contributed by atoms with van der Waals surface area (Å²) < 4.78 is 5.30. The molecule has 0 saturated heterocycles. The quantitative estimate of drug-likeness (QED) is 0.244. The highest BCUT2D eigenvalue weighted by Crippen LogP contribution is 2.39. The van der Waals surface area contributed by atoms with Crippen LogP contribution in [0.5, 0.6) is 5.75 Å². The van der Waals surface area contributed by atoms with E-state index in [-0.39, 0.29) is 0 Å². The first kappa shape index (κ1) is 24.1. The van der Waals surface area contributed by atoms with E-state index in [1.54, 1.807) is 7.11 Å². The number of hydrogen-bond acceptors (Lipinski definition) is 2. The van der Waals surface area contributed by atoms with Crippen molar-refractivity contribution in [3.8, 4) is 5.75 Å². The van der Waals surface area contributed by atoms with Gasteiger partial charge in [0.15, 0.2) is 0 Å². The summed E-state index contributed by atoms with van der Waals surface area (Å²) in [6, 6.07) is 32.2. The molecule has 0 bridgehead atoms. The molecule has 0 radical (unpaired) electrons. The van der Waals surface area contributed by atoms with Crippen molar-refractivity contribution in [1.82, 2.24) is 0 Å². The third-order valence-electron chi connectivity index (χ3n) is 6.15. The van der Waals surface area contributed by atoms with E-state index < -0.39 is 0 Å². The Bertz CT molecular complexity index is 1310. The smallest absolute Gasteiger partial charge is 0.119 e. The van der Waals surface area contributed by atoms with Gasteiger partial charge in [-0.1, -0.05) is 91.4 Å². The number of hydrogen-bond donors (Lipinski definition) is 0. The molecule has 2 heteroatoms. The molecule has 0 atom stereocenters. The zero-order valence-electron chi connectivity index (χ0n) is 21.0. The second kappa shape index (κ2) is 11.4. The van der Waals surface area contributed by atoms with E-state index >= 15 is 0 Å². The molecule has 0 aliphatic rings. The van der Waals surface area contributed by atoms with Gasteiger partial charge in [0.2, 0.25) is 0 Å². The van der Waals surface area contributed by atoms with Crippen molar-refractivity contribution in [3.05, 3.63) is 131 Å². The van der Waals surface area contributed by atoms with Crippen LogP contribution in [0.2, 0.25) is 0 Å². The summed E-state index contributed by atoms with van der Waals surface area (Å²) in [5.41, 5.74) is 9.75. The number of aryl methyl sites for hydroxylation is 3. The van der Waals surface area contributed by atoms with Crippen molar-refractivity contribution in [1.29, 1.82) is 0 Å². The van der Waals surface area contributed by atoms with Crippen molar-refractivity contribution < 1.29 is 4.74 Å². The Morgan fingerprint density at radius 1 is 0.714 bits per heavy atom. The molecule has 0 aliphatic heterocycles. The van der Waals surface area contributed by atoms with Crippen molar-refractivity contribution >= 4 is 29.2 Å². The summed E-state index contributed by atoms with van der Waals surface area (Å²) in [7, 11) is 1.69. The topological polar surface area (TPSA) is 12.5 Å². The third kappa shape index (κ3) is 5.91. The van der Waals surface area contributed by atoms with Crippen LogP contribution in [-0.2, 0) is 6.42 Å². The van der Waals surface area contributed by atoms with Crippen LogP contribution in [0.4, 0.5) is 17.1 Å². The molecule has 0 N–H and O–H groups in total. The molecule has 0 spiro atoms. The highest BCUT2D eigenvalue weighted by atomic mass is 16.5. The molecule has 0 amide bonds. The SMILES string of the molecule is CCc1cccc(C)c1N(c1ccc(C)cc1)c1ccc(/C=C/C=C/c2cccc(OC)c2)cc1. The van der Waals surface area contributed by atoms with Crippen LogP contribution in [0.25, 0.3) is 12.2 Å². The second-order valence-electron chi connectivity index (χ2n) is 8.69. The van der Waals surface area contributed by atoms with Gasteiger partial charge in [-0.3, -0.25) is 0 Å². The second-order valence-corrected chi connectivity index (χ2v) is 8.69. The average molecular weight is 460 g/mol. The van der Waals surface area contributed by atoms with Crippen LogP contribution in [0.15, 0.2) is 103 Å². The zero-order valence-corrected chi connectivity index (χ0v) is 21.0. The fourth-order valence-electron chi connectivity index (χ4n) is 4.24. The molecular formula is C33H33NO. The molecule has 4 aromatic rings. The van der Waals surface area contributed by atoms with Gasteiger partial charge in [0.25, 0.3) is 0 Å². The first-order chi connectivity index (χ1) is 17.1. The Morgan fingerprint density at radius 2 is 1.34 bits per heavy atom. The summed E-state index contributed by atoms with van der Waals surface area (Å²) in [4.78, 5) is 2.38. The number of rotatable bonds is 8. The van der Waals surface area contributed by atoms with E-state index in [2.05, 4.69) is 123 Å². The number of allylic oxidation sites excluding steroid dienone is 2. The van der Waals surface area contributed by atoms with Crippen LogP contribution in [-0.4, -0.2) is 7.11 Å². The summed E-state index contributed by atoms with van der Waals surface area (Å²) in [6.45, 7) is 6.54. The Labute approximate surface area is 209 Å². The van der Waals surface area contributed by atoms with Gasteiger partial charge in [-0.25, -0.2) is 0 Å². The first-order valence-electron chi connectivity index (χ1n) is 12.1. The van der Waals surface area contributed by atoms with Crippen molar-refractivity contribution in [3.63, 3.8) is 0 Å². The lowest BCUT2D eigenvalue weighted by Gasteiger charge is -2.29. The van der Waals surface area contributed by atoms with Crippen molar-refractivity contribution in [2.24, 2.45) is 0 Å². The molecule has 0 unspecified atom stereocenters. The molecule has 0 fully saturated rings. The predicted octanol–water partition coefficient (Wildman–Crippen LogP) is 9.07. The number of nitrogens with zero attached hydrogens (tertiary/aromatic N) is 1. The molecule has 35 heavy (non-hydrogen) atoms. The molecule has 0 aromatic heterocycles. The van der Waals surface area contributed by atoms with Crippen LogP contribution >= 0.6 is 0 Å². The molecule has 4 rings (SSSR count). The zero-order chi connectivity index (χ0) is 24.6. The van der Waals surface area contributed by atoms with E-state index in [4.69, 9.17) is 4.74 Å². The van der Waals surface area contributed by atoms with Gasteiger partial charge >= 0.3 is 0 Å². The van der Waals surface area contributed by atoms with Crippen LogP contribution < -0.4 is 9.64 Å². The largest absolute Gasteiger partial charge is 0.497 e. The third-order valence-corrected chi connectivity index (χ3v) is 6.15. The molecule has 176 valence electrons. The Kier molecular flexibility index (Phi) is 7.84. The summed E-state index contributed by atoms with van der Waals surface area (Å²) in [5, 5.41) is 0. The normalized spacial score (nSPS) is 11.3. The van der Waals surface area contributed by atoms with Crippen LogP contribution in [0.3, 0.4) is 0 Å². The van der Waals surface area contributed by atoms with E-state index in [0.29, 0.717) is 0 Å². The van der Waals surface area contributed by atoms with Crippen LogP contribution in [0, 0.1) is 13.8 Å². The van der Waals surface area contributed by atoms with E-state index in [1.165, 1.54) is 28.1 Å². The number of para-hydroxylation sites is 1. The summed E-state index contributed by atoms with van der Waals surface area (Å²) in [5.74, 6) is 0.865. The van der Waals surface area contributed by atoms with E-state index in [9.17, 15) is 0 Å². The van der Waals surface area contributed by atoms with Crippen LogP contribution in [0.1, 0.15) is 34.7 Å². The maximum atomic E-state index is 5.30. The van der Waals surface area contributed by atoms with Gasteiger partial charge < -0.3 is 9.64 Å². The Hall–Kier alpha value is -4.04. The predicted molar refractivity (Wildman–Crippen MR) is 151 cm³/mol. The average Bonchev–Trinajstić information content (AvgIpc) is 2.89. The van der Waals surface area contributed by atoms with E-state index in [0.717, 1.165) is 29.0 Å². The highest BCUT2D eigenvalue weighted by molar-refractivity contribution is 5.81. The lowest BCUT2D eigenvalue weighted by atomic mass is 10.0. The molecular weight excluding hydrogens is 426 g/mol. The molecule has 4 aromatic carbocycles. The fraction of sp³-hybridized carbons (Fsp3) is 0.152. The lowest BCUT2D eigenvalue weighted by Crippen LogP contribution is -2.13. The minimum Gasteiger partial charge on any atom is -0.497 e. The molecule has 0 heterocycles. The summed E-state index contributed by atoms with van der Waals surface area (Å²) >= 11 is 0. The molecule has 0 aliphatic carbocycles. The van der Waals surface area contributed by atoms with Crippen molar-refractivity contribution in [2.75, 3.05) is 12.0 Å². The molecule has 2 nitrogen and oxygen atoms in total. The highest BCUT2D eigenvalue weighted by Gasteiger charge is 2.17. The lowest BCUT2D eigenvalue weighted by molar-refractivity contribution is 0.414. The van der Waals surface area contributed by atoms with Gasteiger partial charge in [-0.2, -0.15) is 0 Å². The number of anilines is 3. The van der Waals surface area contributed by atoms with Gasteiger partial charge in [0.1, 0.15) is 5.75 Å². The van der Waals surface area contributed by atoms with Gasteiger partial charge in [0.05, 0.1) is 12.8 Å². The molecule has 0 saturated carbocycles. The van der Waals surface area contributed by atoms with Gasteiger partial charge in [0, 0.05) is 11.4 Å². The number of benzene rings is 4.